The van der Waals surface area contributed by atoms with Crippen molar-refractivity contribution in [2.75, 3.05) is 0 Å². The molecule has 0 amide bonds. The van der Waals surface area contributed by atoms with E-state index in [4.69, 9.17) is 11.6 Å². The molecule has 6 nitrogen and oxygen atoms in total. The lowest BCUT2D eigenvalue weighted by Gasteiger charge is -2.19. The predicted octanol–water partition coefficient (Wildman–Crippen LogP) is 3.47. The van der Waals surface area contributed by atoms with Crippen LogP contribution in [-0.4, -0.2) is 34.6 Å². The maximum Gasteiger partial charge on any atom is 0.325 e. The summed E-state index contributed by atoms with van der Waals surface area (Å²) in [6, 6.07) is 12.5. The summed E-state index contributed by atoms with van der Waals surface area (Å²) >= 11 is 7.01. The number of halogens is 1. The number of nitrogens with one attached hydrogen (secondary N) is 1. The van der Waals surface area contributed by atoms with Gasteiger partial charge in [0.15, 0.2) is 0 Å². The molecule has 0 radical (unpaired) electrons. The maximum absolute atomic E-state index is 12.9. The number of carbonyl (C=O) groups is 1. The normalized spacial score (nSPS) is 26.7. The van der Waals surface area contributed by atoms with Crippen molar-refractivity contribution in [3.05, 3.63) is 71.0 Å². The van der Waals surface area contributed by atoms with Crippen LogP contribution in [0.1, 0.15) is 30.0 Å². The summed E-state index contributed by atoms with van der Waals surface area (Å²) in [7, 11) is -3.86. The number of aliphatic carboxylic acids is 1. The van der Waals surface area contributed by atoms with Crippen molar-refractivity contribution < 1.29 is 18.3 Å². The summed E-state index contributed by atoms with van der Waals surface area (Å²) in [6.45, 7) is 0. The van der Waals surface area contributed by atoms with Crippen LogP contribution in [0, 0.1) is 0 Å². The summed E-state index contributed by atoms with van der Waals surface area (Å²) in [4.78, 5) is 16.9. The van der Waals surface area contributed by atoms with Crippen molar-refractivity contribution in [2.45, 2.75) is 28.9 Å². The molecular weight excluding hydrogens is 420 g/mol. The number of nitrogens with zero attached hydrogens (tertiary/aromatic N) is 1. The first-order chi connectivity index (χ1) is 13.3. The lowest BCUT2D eigenvalue weighted by Crippen LogP contribution is -2.47. The Morgan fingerprint density at radius 1 is 1.25 bits per heavy atom. The molecule has 146 valence electrons. The van der Waals surface area contributed by atoms with E-state index in [0.717, 1.165) is 10.5 Å². The van der Waals surface area contributed by atoms with Crippen molar-refractivity contribution in [1.29, 1.82) is 0 Å². The molecule has 1 unspecified atom stereocenters. The van der Waals surface area contributed by atoms with Crippen LogP contribution in [-0.2, 0) is 14.8 Å². The molecule has 1 aromatic carbocycles. The molecule has 28 heavy (non-hydrogen) atoms. The molecule has 4 rings (SSSR count). The van der Waals surface area contributed by atoms with Crippen molar-refractivity contribution in [2.24, 2.45) is 0 Å². The zero-order chi connectivity index (χ0) is 19.9. The van der Waals surface area contributed by atoms with Gasteiger partial charge in [-0.15, -0.1) is 11.8 Å². The molecule has 1 fully saturated rings. The van der Waals surface area contributed by atoms with E-state index in [1.807, 2.05) is 30.3 Å². The predicted molar refractivity (Wildman–Crippen MR) is 109 cm³/mol. The Bertz CT molecular complexity index is 1040. The van der Waals surface area contributed by atoms with E-state index in [2.05, 4.69) is 9.71 Å². The van der Waals surface area contributed by atoms with Crippen molar-refractivity contribution in [3.8, 4) is 0 Å². The fraction of sp³-hybridized carbons (Fsp3) is 0.263. The van der Waals surface area contributed by atoms with Crippen LogP contribution in [0.5, 0.6) is 0 Å². The van der Waals surface area contributed by atoms with Crippen LogP contribution in [0.2, 0.25) is 5.02 Å². The number of benzene rings is 1. The fourth-order valence-electron chi connectivity index (χ4n) is 3.38. The van der Waals surface area contributed by atoms with Crippen LogP contribution in [0.3, 0.4) is 0 Å². The Morgan fingerprint density at radius 3 is 2.64 bits per heavy atom. The standard InChI is InChI=1S/C19H17ClN2O4S2/c20-13-6-7-15(21-11-13)16-8-9-17(27-16)28(25,26)22-19(18(23)24)10-14(19)12-4-2-1-3-5-12/h1-8,11,14,17,22H,9-10H2,(H,23,24)/t14-,17?,19+/m1/s1. The third kappa shape index (κ3) is 3.57. The van der Waals surface area contributed by atoms with Crippen LogP contribution in [0.25, 0.3) is 4.91 Å². The Labute approximate surface area is 172 Å². The van der Waals surface area contributed by atoms with E-state index in [1.54, 1.807) is 18.2 Å². The molecule has 2 aliphatic rings. The lowest BCUT2D eigenvalue weighted by atomic mass is 10.1. The minimum Gasteiger partial charge on any atom is -0.480 e. The zero-order valence-electron chi connectivity index (χ0n) is 14.6. The summed E-state index contributed by atoms with van der Waals surface area (Å²) in [6.07, 6.45) is 3.83. The highest BCUT2D eigenvalue weighted by atomic mass is 35.5. The Hall–Kier alpha value is -1.87. The number of allylic oxidation sites excluding steroid dienone is 1. The van der Waals surface area contributed by atoms with Gasteiger partial charge in [-0.25, -0.2) is 8.42 Å². The number of sulfonamides is 1. The van der Waals surface area contributed by atoms with Crippen molar-refractivity contribution in [3.63, 3.8) is 0 Å². The molecule has 0 bridgehead atoms. The molecule has 1 aromatic heterocycles. The van der Waals surface area contributed by atoms with Crippen LogP contribution in [0.4, 0.5) is 0 Å². The summed E-state index contributed by atoms with van der Waals surface area (Å²) < 4.78 is 27.6. The SMILES string of the molecule is O=C(O)[C@]1(NS(=O)(=O)C2CC=C(c3ccc(Cl)cn3)S2)C[C@@H]1c1ccccc1. The average Bonchev–Trinajstić information content (AvgIpc) is 3.17. The molecule has 2 heterocycles. The molecule has 2 aromatic rings. The van der Waals surface area contributed by atoms with E-state index in [-0.39, 0.29) is 18.8 Å². The van der Waals surface area contributed by atoms with Gasteiger partial charge in [0.05, 0.1) is 10.7 Å². The number of aromatic nitrogens is 1. The number of thioether (sulfide) groups is 1. The van der Waals surface area contributed by atoms with Gasteiger partial charge in [0.1, 0.15) is 10.1 Å². The average molecular weight is 437 g/mol. The number of pyridine rings is 1. The summed E-state index contributed by atoms with van der Waals surface area (Å²) in [5.74, 6) is -1.53. The molecule has 3 atom stereocenters. The quantitative estimate of drug-likeness (QED) is 0.719. The monoisotopic (exact) mass is 436 g/mol. The van der Waals surface area contributed by atoms with Crippen LogP contribution < -0.4 is 4.72 Å². The van der Waals surface area contributed by atoms with E-state index in [1.165, 1.54) is 18.0 Å². The minimum absolute atomic E-state index is 0.238. The van der Waals surface area contributed by atoms with Gasteiger partial charge in [-0.1, -0.05) is 48.0 Å². The highest BCUT2D eigenvalue weighted by molar-refractivity contribution is 8.18. The highest BCUT2D eigenvalue weighted by Crippen LogP contribution is 2.53. The van der Waals surface area contributed by atoms with Crippen LogP contribution >= 0.6 is 23.4 Å². The Kier molecular flexibility index (Phi) is 4.99. The van der Waals surface area contributed by atoms with E-state index >= 15 is 0 Å². The number of hydrogen-bond acceptors (Lipinski definition) is 5. The first-order valence-corrected chi connectivity index (χ1v) is 11.4. The first-order valence-electron chi connectivity index (χ1n) is 8.62. The second-order valence-electron chi connectivity index (χ2n) is 6.80. The third-order valence-electron chi connectivity index (χ3n) is 4.95. The fourth-order valence-corrected chi connectivity index (χ4v) is 6.67. The van der Waals surface area contributed by atoms with Gasteiger partial charge in [-0.2, -0.15) is 4.72 Å². The molecule has 2 N–H and O–H groups in total. The summed E-state index contributed by atoms with van der Waals surface area (Å²) in [5, 5.41) is 10.2. The van der Waals surface area contributed by atoms with Crippen molar-refractivity contribution >= 4 is 44.3 Å². The zero-order valence-corrected chi connectivity index (χ0v) is 17.0. The number of hydrogen-bond donors (Lipinski definition) is 2. The molecule has 0 spiro atoms. The smallest absolute Gasteiger partial charge is 0.325 e. The lowest BCUT2D eigenvalue weighted by molar-refractivity contribution is -0.140. The van der Waals surface area contributed by atoms with Gasteiger partial charge >= 0.3 is 5.97 Å². The molecular formula is C19H17ClN2O4S2. The minimum atomic E-state index is -3.86. The Morgan fingerprint density at radius 2 is 2.00 bits per heavy atom. The molecule has 1 saturated carbocycles. The van der Waals surface area contributed by atoms with E-state index in [9.17, 15) is 18.3 Å². The van der Waals surface area contributed by atoms with Crippen LogP contribution in [0.15, 0.2) is 54.7 Å². The van der Waals surface area contributed by atoms with Gasteiger partial charge in [0.25, 0.3) is 0 Å². The second kappa shape index (κ2) is 7.18. The third-order valence-corrected chi connectivity index (χ3v) is 8.84. The number of rotatable bonds is 6. The van der Waals surface area contributed by atoms with E-state index in [0.29, 0.717) is 10.7 Å². The van der Waals surface area contributed by atoms with Gasteiger partial charge in [-0.3, -0.25) is 9.78 Å². The van der Waals surface area contributed by atoms with E-state index < -0.39 is 26.1 Å². The van der Waals surface area contributed by atoms with Gasteiger partial charge in [-0.05, 0) is 30.5 Å². The largest absolute Gasteiger partial charge is 0.480 e. The number of carboxylic acid groups (broad SMARTS) is 1. The van der Waals surface area contributed by atoms with Crippen molar-refractivity contribution in [1.82, 2.24) is 9.71 Å². The van der Waals surface area contributed by atoms with Gasteiger partial charge in [0, 0.05) is 17.0 Å². The highest BCUT2D eigenvalue weighted by Gasteiger charge is 2.63. The molecule has 9 heteroatoms. The second-order valence-corrected chi connectivity index (χ2v) is 10.6. The first kappa shape index (κ1) is 19.4. The topological polar surface area (TPSA) is 96.4 Å². The summed E-state index contributed by atoms with van der Waals surface area (Å²) in [5.41, 5.74) is -0.0216. The molecule has 1 aliphatic carbocycles. The number of carboxylic acids is 1. The van der Waals surface area contributed by atoms with Gasteiger partial charge in [0.2, 0.25) is 10.0 Å². The molecule has 0 saturated heterocycles. The maximum atomic E-state index is 12.9. The molecule has 1 aliphatic heterocycles. The van der Waals surface area contributed by atoms with Gasteiger partial charge < -0.3 is 5.11 Å². The Balaban J connectivity index is 1.50.